The van der Waals surface area contributed by atoms with Gasteiger partial charge in [0.25, 0.3) is 0 Å². The van der Waals surface area contributed by atoms with E-state index >= 15 is 0 Å². The Hall–Kier alpha value is -1.36. The Balaban J connectivity index is 1.81. The fourth-order valence-corrected chi connectivity index (χ4v) is 3.63. The molecule has 0 spiro atoms. The summed E-state index contributed by atoms with van der Waals surface area (Å²) in [4.78, 5) is 14.6. The van der Waals surface area contributed by atoms with Crippen LogP contribution in [0, 0.1) is 0 Å². The van der Waals surface area contributed by atoms with Crippen molar-refractivity contribution in [3.05, 3.63) is 57.2 Å². The van der Waals surface area contributed by atoms with Gasteiger partial charge >= 0.3 is 0 Å². The van der Waals surface area contributed by atoms with Crippen LogP contribution in [0.15, 0.2) is 41.1 Å². The molecule has 1 aromatic carbocycles. The third-order valence-electron chi connectivity index (χ3n) is 3.76. The highest BCUT2D eigenvalue weighted by molar-refractivity contribution is 7.08. The molecule has 2 heterocycles. The molecule has 110 valence electrons. The molecule has 3 rings (SSSR count). The summed E-state index contributed by atoms with van der Waals surface area (Å²) in [5.41, 5.74) is 2.10. The van der Waals surface area contributed by atoms with E-state index in [1.807, 2.05) is 46.0 Å². The van der Waals surface area contributed by atoms with Gasteiger partial charge in [-0.2, -0.15) is 11.3 Å². The Labute approximate surface area is 133 Å². The summed E-state index contributed by atoms with van der Waals surface area (Å²) in [6, 6.07) is 9.79. The second-order valence-corrected chi connectivity index (χ2v) is 6.32. The van der Waals surface area contributed by atoms with Crippen molar-refractivity contribution in [2.75, 3.05) is 19.6 Å². The molecule has 0 bridgehead atoms. The van der Waals surface area contributed by atoms with Gasteiger partial charge in [-0.3, -0.25) is 4.79 Å². The smallest absolute Gasteiger partial charge is 0.227 e. The second kappa shape index (κ2) is 6.60. The van der Waals surface area contributed by atoms with E-state index in [2.05, 4.69) is 5.32 Å². The van der Waals surface area contributed by atoms with Gasteiger partial charge in [-0.15, -0.1) is 0 Å². The highest BCUT2D eigenvalue weighted by atomic mass is 35.5. The van der Waals surface area contributed by atoms with Crippen LogP contribution < -0.4 is 5.32 Å². The number of thiophene rings is 1. The lowest BCUT2D eigenvalue weighted by molar-refractivity contribution is -0.133. The quantitative estimate of drug-likeness (QED) is 0.942. The fourth-order valence-electron chi connectivity index (χ4n) is 2.70. The number of piperazine rings is 1. The predicted octanol–water partition coefficient (Wildman–Crippen LogP) is 3.12. The van der Waals surface area contributed by atoms with Crippen LogP contribution in [0.2, 0.25) is 5.02 Å². The third kappa shape index (κ3) is 3.28. The van der Waals surface area contributed by atoms with E-state index in [1.165, 1.54) is 0 Å². The first-order valence-electron chi connectivity index (χ1n) is 7.01. The minimum absolute atomic E-state index is 0.0126. The summed E-state index contributed by atoms with van der Waals surface area (Å²) >= 11 is 7.93. The molecule has 3 nitrogen and oxygen atoms in total. The number of hydrogen-bond donors (Lipinski definition) is 1. The maximum absolute atomic E-state index is 12.6. The van der Waals surface area contributed by atoms with Gasteiger partial charge in [0.2, 0.25) is 5.91 Å². The first kappa shape index (κ1) is 14.6. The number of benzene rings is 1. The monoisotopic (exact) mass is 320 g/mol. The molecule has 1 amide bonds. The number of nitrogens with one attached hydrogen (secondary N) is 1. The summed E-state index contributed by atoms with van der Waals surface area (Å²) in [5, 5.41) is 8.11. The molecule has 1 atom stereocenters. The normalized spacial score (nSPS) is 18.7. The van der Waals surface area contributed by atoms with Crippen molar-refractivity contribution in [2.45, 2.75) is 12.5 Å². The minimum Gasteiger partial charge on any atom is -0.333 e. The Morgan fingerprint density at radius 3 is 3.00 bits per heavy atom. The third-order valence-corrected chi connectivity index (χ3v) is 4.84. The zero-order valence-corrected chi connectivity index (χ0v) is 13.2. The van der Waals surface area contributed by atoms with Gasteiger partial charge in [0.1, 0.15) is 0 Å². The van der Waals surface area contributed by atoms with Crippen LogP contribution in [-0.4, -0.2) is 30.4 Å². The Morgan fingerprint density at radius 2 is 2.24 bits per heavy atom. The number of rotatable bonds is 3. The Bertz CT molecular complexity index is 614. The zero-order valence-electron chi connectivity index (χ0n) is 11.6. The van der Waals surface area contributed by atoms with Crippen molar-refractivity contribution in [1.82, 2.24) is 10.2 Å². The summed E-state index contributed by atoms with van der Waals surface area (Å²) in [6.45, 7) is 2.30. The summed E-state index contributed by atoms with van der Waals surface area (Å²) in [6.07, 6.45) is 0.463. The molecule has 1 saturated heterocycles. The number of nitrogens with zero attached hydrogens (tertiary/aromatic N) is 1. The molecule has 0 saturated carbocycles. The maximum Gasteiger partial charge on any atom is 0.227 e. The van der Waals surface area contributed by atoms with Crippen LogP contribution in [0.25, 0.3) is 0 Å². The lowest BCUT2D eigenvalue weighted by Gasteiger charge is -2.37. The van der Waals surface area contributed by atoms with Gasteiger partial charge in [-0.05, 0) is 34.0 Å². The Kier molecular flexibility index (Phi) is 4.58. The van der Waals surface area contributed by atoms with Gasteiger partial charge in [-0.25, -0.2) is 0 Å². The molecule has 5 heteroatoms. The molecule has 0 aliphatic carbocycles. The molecule has 21 heavy (non-hydrogen) atoms. The number of carbonyl (C=O) groups excluding carboxylic acids is 1. The molecular weight excluding hydrogens is 304 g/mol. The molecule has 0 radical (unpaired) electrons. The van der Waals surface area contributed by atoms with E-state index in [0.717, 1.165) is 35.8 Å². The van der Waals surface area contributed by atoms with Crippen molar-refractivity contribution in [2.24, 2.45) is 0 Å². The van der Waals surface area contributed by atoms with E-state index in [4.69, 9.17) is 11.6 Å². The first-order valence-corrected chi connectivity index (χ1v) is 8.33. The van der Waals surface area contributed by atoms with Gasteiger partial charge in [0.15, 0.2) is 0 Å². The van der Waals surface area contributed by atoms with Crippen molar-refractivity contribution in [3.8, 4) is 0 Å². The number of carbonyl (C=O) groups is 1. The van der Waals surface area contributed by atoms with Crippen LogP contribution in [0.1, 0.15) is 17.2 Å². The van der Waals surface area contributed by atoms with Crippen LogP contribution in [0.3, 0.4) is 0 Å². The number of amides is 1. The largest absolute Gasteiger partial charge is 0.333 e. The van der Waals surface area contributed by atoms with Crippen LogP contribution in [0.5, 0.6) is 0 Å². The minimum atomic E-state index is 0.0126. The van der Waals surface area contributed by atoms with Gasteiger partial charge < -0.3 is 10.2 Å². The van der Waals surface area contributed by atoms with E-state index in [9.17, 15) is 4.79 Å². The lowest BCUT2D eigenvalue weighted by atomic mass is 10.0. The molecular formula is C16H17ClN2OS. The molecule has 1 unspecified atom stereocenters. The highest BCUT2D eigenvalue weighted by Gasteiger charge is 2.28. The summed E-state index contributed by atoms with van der Waals surface area (Å²) < 4.78 is 0. The van der Waals surface area contributed by atoms with Crippen LogP contribution in [-0.2, 0) is 11.2 Å². The van der Waals surface area contributed by atoms with Crippen molar-refractivity contribution >= 4 is 28.8 Å². The van der Waals surface area contributed by atoms with Crippen molar-refractivity contribution in [1.29, 1.82) is 0 Å². The maximum atomic E-state index is 12.6. The average molecular weight is 321 g/mol. The molecule has 1 aliphatic heterocycles. The van der Waals surface area contributed by atoms with Gasteiger partial charge in [-0.1, -0.05) is 29.8 Å². The molecule has 1 N–H and O–H groups in total. The van der Waals surface area contributed by atoms with E-state index in [0.29, 0.717) is 6.42 Å². The van der Waals surface area contributed by atoms with E-state index in [1.54, 1.807) is 11.3 Å². The van der Waals surface area contributed by atoms with Crippen molar-refractivity contribution in [3.63, 3.8) is 0 Å². The fraction of sp³-hybridized carbons (Fsp3) is 0.312. The van der Waals surface area contributed by atoms with Gasteiger partial charge in [0, 0.05) is 24.7 Å². The molecule has 1 fully saturated rings. The zero-order chi connectivity index (χ0) is 14.7. The van der Waals surface area contributed by atoms with Crippen molar-refractivity contribution < 1.29 is 4.79 Å². The summed E-state index contributed by atoms with van der Waals surface area (Å²) in [7, 11) is 0. The SMILES string of the molecule is O=C(Cc1ccsc1)N1CCNCC1c1ccccc1Cl. The van der Waals surface area contributed by atoms with E-state index in [-0.39, 0.29) is 11.9 Å². The average Bonchev–Trinajstić information content (AvgIpc) is 3.01. The van der Waals surface area contributed by atoms with Crippen LogP contribution in [0.4, 0.5) is 0 Å². The van der Waals surface area contributed by atoms with E-state index < -0.39 is 0 Å². The van der Waals surface area contributed by atoms with Crippen LogP contribution >= 0.6 is 22.9 Å². The molecule has 1 aromatic heterocycles. The lowest BCUT2D eigenvalue weighted by Crippen LogP contribution is -2.49. The topological polar surface area (TPSA) is 32.3 Å². The highest BCUT2D eigenvalue weighted by Crippen LogP contribution is 2.29. The Morgan fingerprint density at radius 1 is 1.38 bits per heavy atom. The predicted molar refractivity (Wildman–Crippen MR) is 86.8 cm³/mol. The standard InChI is InChI=1S/C16H17ClN2OS/c17-14-4-2-1-3-13(14)15-10-18-6-7-19(15)16(20)9-12-5-8-21-11-12/h1-5,8,11,15,18H,6-7,9-10H2. The summed E-state index contributed by atoms with van der Waals surface area (Å²) in [5.74, 6) is 0.166. The number of hydrogen-bond acceptors (Lipinski definition) is 3. The molecule has 1 aliphatic rings. The number of halogens is 1. The first-order chi connectivity index (χ1) is 10.3. The second-order valence-electron chi connectivity index (χ2n) is 5.14. The van der Waals surface area contributed by atoms with Gasteiger partial charge in [0.05, 0.1) is 12.5 Å². The molecule has 2 aromatic rings.